The van der Waals surface area contributed by atoms with Crippen molar-refractivity contribution in [1.29, 1.82) is 0 Å². The van der Waals surface area contributed by atoms with Crippen LogP contribution in [-0.4, -0.2) is 22.3 Å². The number of aromatic nitrogens is 2. The highest BCUT2D eigenvalue weighted by atomic mass is 79.9. The van der Waals surface area contributed by atoms with Crippen LogP contribution in [0.1, 0.15) is 113 Å². The van der Waals surface area contributed by atoms with Crippen LogP contribution in [0, 0.1) is 0 Å². The lowest BCUT2D eigenvalue weighted by molar-refractivity contribution is 0.304. The molecule has 2 heterocycles. The predicted octanol–water partition coefficient (Wildman–Crippen LogP) is 19.2. The van der Waals surface area contributed by atoms with Crippen LogP contribution in [0.25, 0.3) is 66.1 Å². The van der Waals surface area contributed by atoms with Gasteiger partial charge in [-0.15, -0.1) is 0 Å². The molecule has 1 aliphatic carbocycles. The van der Waals surface area contributed by atoms with Crippen LogP contribution in [-0.2, 0) is 5.41 Å². The number of para-hydroxylation sites is 2. The van der Waals surface area contributed by atoms with Crippen LogP contribution < -0.4 is 9.47 Å². The minimum Gasteiger partial charge on any atom is -0.494 e. The van der Waals surface area contributed by atoms with Gasteiger partial charge in [0.15, 0.2) is 0 Å². The number of unbranched alkanes of at least 4 members (excludes halogenated alkanes) is 10. The highest BCUT2D eigenvalue weighted by Gasteiger charge is 2.47. The van der Waals surface area contributed by atoms with Crippen molar-refractivity contribution in [2.24, 2.45) is 0 Å². The molecule has 0 unspecified atom stereocenters. The summed E-state index contributed by atoms with van der Waals surface area (Å²) in [4.78, 5) is 0. The van der Waals surface area contributed by atoms with Gasteiger partial charge in [-0.2, -0.15) is 0 Å². The number of benzene rings is 8. The first-order valence-electron chi connectivity index (χ1n) is 26.1. The first-order valence-corrected chi connectivity index (χ1v) is 27.7. The van der Waals surface area contributed by atoms with Crippen LogP contribution in [0.5, 0.6) is 11.5 Å². The van der Waals surface area contributed by atoms with Crippen molar-refractivity contribution in [2.75, 3.05) is 13.2 Å². The van der Waals surface area contributed by atoms with Crippen molar-refractivity contribution in [3.63, 3.8) is 0 Å². The second-order valence-corrected chi connectivity index (χ2v) is 21.4. The minimum absolute atomic E-state index is 0.656. The maximum absolute atomic E-state index is 6.24. The van der Waals surface area contributed by atoms with Crippen molar-refractivity contribution in [3.05, 3.63) is 201 Å². The Hall–Kier alpha value is -6.08. The monoisotopic (exact) mass is 1060 g/mol. The minimum atomic E-state index is -0.656. The molecule has 0 radical (unpaired) electrons. The average Bonchev–Trinajstić information content (AvgIpc) is 4.01. The summed E-state index contributed by atoms with van der Waals surface area (Å²) in [6, 6.07) is 63.2. The fourth-order valence-electron chi connectivity index (χ4n) is 11.6. The number of hydrogen-bond acceptors (Lipinski definition) is 2. The molecule has 11 rings (SSSR count). The van der Waals surface area contributed by atoms with E-state index in [-0.39, 0.29) is 0 Å². The zero-order chi connectivity index (χ0) is 48.3. The van der Waals surface area contributed by atoms with Crippen molar-refractivity contribution in [1.82, 2.24) is 9.13 Å². The molecule has 1 aliphatic rings. The van der Waals surface area contributed by atoms with E-state index in [0.717, 1.165) is 57.9 Å². The maximum Gasteiger partial charge on any atom is 0.119 e. The molecule has 358 valence electrons. The summed E-state index contributed by atoms with van der Waals surface area (Å²) in [5.74, 6) is 1.84. The van der Waals surface area contributed by atoms with Gasteiger partial charge in [-0.05, 0) is 155 Å². The highest BCUT2D eigenvalue weighted by Crippen LogP contribution is 2.58. The largest absolute Gasteiger partial charge is 0.494 e. The van der Waals surface area contributed by atoms with E-state index in [1.807, 2.05) is 0 Å². The lowest BCUT2D eigenvalue weighted by Gasteiger charge is -2.34. The molecule has 0 spiro atoms. The second-order valence-electron chi connectivity index (χ2n) is 19.5. The summed E-state index contributed by atoms with van der Waals surface area (Å²) in [6.45, 7) is 6.04. The standard InChI is InChI=1S/C65H62Br2N2O2/c1-3-5-7-9-11-17-39-70-51-31-27-49(28-32-51)68-61-21-15-13-19-55(61)57-41-45(23-37-63(57)68)65(59-43-47(66)25-35-53(59)54-36-26-48(67)44-60(54)65)46-24-38-64-58(42-46)56-20-14-16-22-62(56)69(64)50-29-33-52(34-30-50)71-40-18-12-10-8-6-4-2/h13-16,19-38,41-44H,3-12,17-18,39-40H2,1-2H3. The van der Waals surface area contributed by atoms with Crippen LogP contribution in [0.3, 0.4) is 0 Å². The van der Waals surface area contributed by atoms with Crippen LogP contribution in [0.15, 0.2) is 179 Å². The van der Waals surface area contributed by atoms with Crippen molar-refractivity contribution in [3.8, 4) is 34.0 Å². The summed E-state index contributed by atoms with van der Waals surface area (Å²) in [7, 11) is 0. The van der Waals surface area contributed by atoms with Gasteiger partial charge in [0.2, 0.25) is 0 Å². The van der Waals surface area contributed by atoms with Gasteiger partial charge in [-0.25, -0.2) is 0 Å². The Kier molecular flexibility index (Phi) is 13.9. The van der Waals surface area contributed by atoms with E-state index in [9.17, 15) is 0 Å². The van der Waals surface area contributed by atoms with Crippen molar-refractivity contribution in [2.45, 2.75) is 96.3 Å². The molecule has 0 N–H and O–H groups in total. The van der Waals surface area contributed by atoms with Crippen LogP contribution in [0.4, 0.5) is 0 Å². The van der Waals surface area contributed by atoms with Gasteiger partial charge in [0.25, 0.3) is 0 Å². The number of ether oxygens (including phenoxy) is 2. The van der Waals surface area contributed by atoms with E-state index in [0.29, 0.717) is 0 Å². The number of hydrogen-bond donors (Lipinski definition) is 0. The van der Waals surface area contributed by atoms with E-state index in [2.05, 4.69) is 225 Å². The van der Waals surface area contributed by atoms with Crippen molar-refractivity contribution < 1.29 is 9.47 Å². The third-order valence-electron chi connectivity index (χ3n) is 15.0. The van der Waals surface area contributed by atoms with E-state index >= 15 is 0 Å². The smallest absolute Gasteiger partial charge is 0.119 e. The molecule has 0 amide bonds. The average molecular weight is 1060 g/mol. The molecule has 0 aliphatic heterocycles. The third kappa shape index (κ3) is 8.90. The van der Waals surface area contributed by atoms with Gasteiger partial charge in [0.1, 0.15) is 11.5 Å². The summed E-state index contributed by atoms with van der Waals surface area (Å²) in [5.41, 5.74) is 13.8. The number of fused-ring (bicyclic) bond motifs is 9. The van der Waals surface area contributed by atoms with Gasteiger partial charge in [-0.3, -0.25) is 0 Å². The number of rotatable bonds is 20. The molecule has 6 heteroatoms. The summed E-state index contributed by atoms with van der Waals surface area (Å²) >= 11 is 7.92. The van der Waals surface area contributed by atoms with Gasteiger partial charge in [-0.1, -0.05) is 171 Å². The first-order chi connectivity index (χ1) is 35.0. The molecule has 0 fully saturated rings. The van der Waals surface area contributed by atoms with Gasteiger partial charge < -0.3 is 18.6 Å². The predicted molar refractivity (Wildman–Crippen MR) is 306 cm³/mol. The molecule has 0 bridgehead atoms. The van der Waals surface area contributed by atoms with E-state index < -0.39 is 5.41 Å². The molecule has 4 nitrogen and oxygen atoms in total. The molecule has 71 heavy (non-hydrogen) atoms. The Bertz CT molecular complexity index is 3260. The third-order valence-corrected chi connectivity index (χ3v) is 16.0. The maximum atomic E-state index is 6.24. The summed E-state index contributed by atoms with van der Waals surface area (Å²) in [5, 5.41) is 4.89. The zero-order valence-corrected chi connectivity index (χ0v) is 44.2. The van der Waals surface area contributed by atoms with Gasteiger partial charge >= 0.3 is 0 Å². The van der Waals surface area contributed by atoms with Gasteiger partial charge in [0, 0.05) is 41.9 Å². The fourth-order valence-corrected chi connectivity index (χ4v) is 12.3. The number of nitrogens with zero attached hydrogens (tertiary/aromatic N) is 2. The zero-order valence-electron chi connectivity index (χ0n) is 41.0. The molecule has 10 aromatic rings. The summed E-state index contributed by atoms with van der Waals surface area (Å²) in [6.07, 6.45) is 15.0. The lowest BCUT2D eigenvalue weighted by Crippen LogP contribution is -2.28. The SMILES string of the molecule is CCCCCCCCOc1ccc(-n2c3ccccc3c3cc(C4(c5ccc6c(c5)c5ccccc5n6-c5ccc(OCCCCCCCC)cc5)c5cc(Br)ccc5-c5ccc(Br)cc54)ccc32)cc1. The normalized spacial score (nSPS) is 12.8. The van der Waals surface area contributed by atoms with E-state index in [1.54, 1.807) is 0 Å². The quantitative estimate of drug-likeness (QED) is 0.0712. The fraction of sp³-hybridized carbons (Fsp3) is 0.262. The lowest BCUT2D eigenvalue weighted by atomic mass is 9.67. The topological polar surface area (TPSA) is 28.3 Å². The molecule has 8 aromatic carbocycles. The molecular weight excluding hydrogens is 1000 g/mol. The Morgan fingerprint density at radius 2 is 0.775 bits per heavy atom. The molecule has 0 saturated heterocycles. The van der Waals surface area contributed by atoms with E-state index in [4.69, 9.17) is 9.47 Å². The summed E-state index contributed by atoms with van der Waals surface area (Å²) < 4.78 is 19.4. The van der Waals surface area contributed by atoms with Crippen molar-refractivity contribution >= 4 is 75.5 Å². The molecular formula is C65H62Br2N2O2. The Balaban J connectivity index is 1.02. The number of halogens is 2. The van der Waals surface area contributed by atoms with Crippen LogP contribution in [0.2, 0.25) is 0 Å². The Morgan fingerprint density at radius 3 is 1.21 bits per heavy atom. The molecule has 0 saturated carbocycles. The highest BCUT2D eigenvalue weighted by molar-refractivity contribution is 9.10. The second kappa shape index (κ2) is 20.9. The van der Waals surface area contributed by atoms with E-state index in [1.165, 1.54) is 141 Å². The Morgan fingerprint density at radius 1 is 0.380 bits per heavy atom. The Labute approximate surface area is 435 Å². The molecule has 0 atom stereocenters. The van der Waals surface area contributed by atoms with Gasteiger partial charge in [0.05, 0.1) is 40.7 Å². The molecule has 2 aromatic heterocycles. The first kappa shape index (κ1) is 47.3. The van der Waals surface area contributed by atoms with Crippen LogP contribution >= 0.6 is 31.9 Å².